The zero-order valence-corrected chi connectivity index (χ0v) is 8.74. The molecule has 0 bridgehead atoms. The average molecular weight is 270 g/mol. The van der Waals surface area contributed by atoms with E-state index in [0.717, 1.165) is 0 Å². The molecule has 0 aliphatic rings. The van der Waals surface area contributed by atoms with Gasteiger partial charge in [-0.15, -0.1) is 0 Å². The molecule has 6 heteroatoms. The first kappa shape index (κ1) is 10.6. The van der Waals surface area contributed by atoms with Crippen LogP contribution in [0.2, 0.25) is 0 Å². The highest BCUT2D eigenvalue weighted by Gasteiger charge is 2.18. The van der Waals surface area contributed by atoms with E-state index in [4.69, 9.17) is 5.73 Å². The number of benzene rings is 1. The normalized spacial score (nSPS) is 13.2. The molecular weight excluding hydrogens is 264 g/mol. The maximum atomic E-state index is 12.1. The van der Waals surface area contributed by atoms with Crippen molar-refractivity contribution < 1.29 is 13.0 Å². The van der Waals surface area contributed by atoms with Gasteiger partial charge in [0.2, 0.25) is 0 Å². The average Bonchev–Trinajstić information content (AvgIpc) is 2.08. The SMILES string of the molecule is Nc1ccc(Br)cc1S(=O)C(F)F. The van der Waals surface area contributed by atoms with Gasteiger partial charge in [0.15, 0.2) is 0 Å². The van der Waals surface area contributed by atoms with Crippen molar-refractivity contribution in [3.63, 3.8) is 0 Å². The molecule has 0 saturated carbocycles. The molecule has 0 aromatic heterocycles. The summed E-state index contributed by atoms with van der Waals surface area (Å²) in [6.07, 6.45) is 0. The number of hydrogen-bond acceptors (Lipinski definition) is 2. The van der Waals surface area contributed by atoms with Gasteiger partial charge in [0.25, 0.3) is 0 Å². The summed E-state index contributed by atoms with van der Waals surface area (Å²) in [6.45, 7) is 0. The fraction of sp³-hybridized carbons (Fsp3) is 0.143. The van der Waals surface area contributed by atoms with Gasteiger partial charge in [0, 0.05) is 10.2 Å². The predicted molar refractivity (Wildman–Crippen MR) is 51.0 cm³/mol. The summed E-state index contributed by atoms with van der Waals surface area (Å²) in [7, 11) is -2.35. The first-order chi connectivity index (χ1) is 6.02. The smallest absolute Gasteiger partial charge is 0.316 e. The Morgan fingerprint density at radius 3 is 2.62 bits per heavy atom. The molecule has 0 fully saturated rings. The highest BCUT2D eigenvalue weighted by molar-refractivity contribution is 9.10. The molecule has 0 spiro atoms. The lowest BCUT2D eigenvalue weighted by Gasteiger charge is -2.04. The Bertz CT molecular complexity index is 345. The van der Waals surface area contributed by atoms with E-state index in [2.05, 4.69) is 15.9 Å². The van der Waals surface area contributed by atoms with Crippen LogP contribution in [0.15, 0.2) is 27.6 Å². The van der Waals surface area contributed by atoms with Crippen molar-refractivity contribution in [2.45, 2.75) is 10.7 Å². The lowest BCUT2D eigenvalue weighted by atomic mass is 10.3. The van der Waals surface area contributed by atoms with Crippen molar-refractivity contribution >= 4 is 32.4 Å². The Balaban J connectivity index is 3.13. The van der Waals surface area contributed by atoms with Crippen molar-refractivity contribution in [3.8, 4) is 0 Å². The molecular formula is C7H6BrF2NOS. The van der Waals surface area contributed by atoms with Crippen LogP contribution in [0.3, 0.4) is 0 Å². The number of halogens is 3. The van der Waals surface area contributed by atoms with E-state index < -0.39 is 16.6 Å². The molecule has 72 valence electrons. The maximum absolute atomic E-state index is 12.1. The minimum Gasteiger partial charge on any atom is -0.398 e. The zero-order chi connectivity index (χ0) is 10.0. The Morgan fingerprint density at radius 2 is 2.08 bits per heavy atom. The number of anilines is 1. The summed E-state index contributed by atoms with van der Waals surface area (Å²) < 4.78 is 35.7. The van der Waals surface area contributed by atoms with Crippen LogP contribution < -0.4 is 5.73 Å². The van der Waals surface area contributed by atoms with Crippen LogP contribution in [-0.4, -0.2) is 9.97 Å². The number of hydrogen-bond donors (Lipinski definition) is 1. The lowest BCUT2D eigenvalue weighted by Crippen LogP contribution is -2.05. The van der Waals surface area contributed by atoms with E-state index in [1.807, 2.05) is 0 Å². The van der Waals surface area contributed by atoms with Gasteiger partial charge in [-0.05, 0) is 18.2 Å². The van der Waals surface area contributed by atoms with E-state index in [1.165, 1.54) is 12.1 Å². The van der Waals surface area contributed by atoms with Gasteiger partial charge >= 0.3 is 5.76 Å². The van der Waals surface area contributed by atoms with Crippen molar-refractivity contribution in [2.75, 3.05) is 5.73 Å². The van der Waals surface area contributed by atoms with Gasteiger partial charge in [0.1, 0.15) is 10.8 Å². The van der Waals surface area contributed by atoms with Crippen molar-refractivity contribution in [2.24, 2.45) is 0 Å². The standard InChI is InChI=1S/C7H6BrF2NOS/c8-4-1-2-5(11)6(3-4)13(12)7(9)10/h1-3,7H,11H2. The van der Waals surface area contributed by atoms with E-state index >= 15 is 0 Å². The second-order valence-corrected chi connectivity index (χ2v) is 4.55. The summed E-state index contributed by atoms with van der Waals surface area (Å²) in [5.41, 5.74) is 5.49. The van der Waals surface area contributed by atoms with Gasteiger partial charge in [-0.3, -0.25) is 0 Å². The highest BCUT2D eigenvalue weighted by atomic mass is 79.9. The van der Waals surface area contributed by atoms with E-state index in [-0.39, 0.29) is 10.6 Å². The monoisotopic (exact) mass is 269 g/mol. The Hall–Kier alpha value is -0.490. The molecule has 1 aromatic rings. The number of nitrogen functional groups attached to an aromatic ring is 1. The van der Waals surface area contributed by atoms with E-state index in [1.54, 1.807) is 6.07 Å². The first-order valence-corrected chi connectivity index (χ1v) is 5.26. The third kappa shape index (κ3) is 2.47. The Kier molecular flexibility index (Phi) is 3.38. The molecule has 0 radical (unpaired) electrons. The summed E-state index contributed by atoms with van der Waals surface area (Å²) >= 11 is 3.08. The van der Waals surface area contributed by atoms with Crippen LogP contribution in [-0.2, 0) is 10.8 Å². The molecule has 1 rings (SSSR count). The summed E-state index contributed by atoms with van der Waals surface area (Å²) in [4.78, 5) is -0.0376. The molecule has 0 saturated heterocycles. The highest BCUT2D eigenvalue weighted by Crippen LogP contribution is 2.24. The molecule has 2 nitrogen and oxygen atoms in total. The minimum absolute atomic E-state index is 0.0376. The van der Waals surface area contributed by atoms with Gasteiger partial charge in [-0.2, -0.15) is 8.78 Å². The predicted octanol–water partition coefficient (Wildman–Crippen LogP) is 2.36. The molecule has 0 amide bonds. The van der Waals surface area contributed by atoms with Crippen molar-refractivity contribution in [1.29, 1.82) is 0 Å². The Morgan fingerprint density at radius 1 is 1.46 bits per heavy atom. The quantitative estimate of drug-likeness (QED) is 0.838. The zero-order valence-electron chi connectivity index (χ0n) is 6.34. The fourth-order valence-electron chi connectivity index (χ4n) is 0.778. The van der Waals surface area contributed by atoms with Gasteiger partial charge in [-0.25, -0.2) is 4.21 Å². The third-order valence-corrected chi connectivity index (χ3v) is 2.96. The molecule has 13 heavy (non-hydrogen) atoms. The van der Waals surface area contributed by atoms with Gasteiger partial charge in [0.05, 0.1) is 4.90 Å². The Labute approximate surface area is 84.7 Å². The van der Waals surface area contributed by atoms with Crippen molar-refractivity contribution in [1.82, 2.24) is 0 Å². The molecule has 1 unspecified atom stereocenters. The summed E-state index contributed by atoms with van der Waals surface area (Å²) in [5.74, 6) is -2.91. The van der Waals surface area contributed by atoms with Gasteiger partial charge in [-0.1, -0.05) is 15.9 Å². The summed E-state index contributed by atoms with van der Waals surface area (Å²) in [6, 6.07) is 4.36. The van der Waals surface area contributed by atoms with E-state index in [9.17, 15) is 13.0 Å². The third-order valence-electron chi connectivity index (χ3n) is 1.35. The molecule has 0 aliphatic heterocycles. The molecule has 1 aromatic carbocycles. The van der Waals surface area contributed by atoms with Crippen LogP contribution in [0.1, 0.15) is 0 Å². The minimum atomic E-state index is -2.91. The fourth-order valence-corrected chi connectivity index (χ4v) is 2.03. The molecule has 2 N–H and O–H groups in total. The van der Waals surface area contributed by atoms with Gasteiger partial charge < -0.3 is 5.73 Å². The van der Waals surface area contributed by atoms with Crippen LogP contribution in [0.25, 0.3) is 0 Å². The summed E-state index contributed by atoms with van der Waals surface area (Å²) in [5, 5.41) is 0. The maximum Gasteiger partial charge on any atom is 0.316 e. The van der Waals surface area contributed by atoms with Crippen LogP contribution >= 0.6 is 15.9 Å². The number of alkyl halides is 2. The second-order valence-electron chi connectivity index (χ2n) is 2.24. The molecule has 0 heterocycles. The largest absolute Gasteiger partial charge is 0.398 e. The van der Waals surface area contributed by atoms with Crippen LogP contribution in [0, 0.1) is 0 Å². The molecule has 0 aliphatic carbocycles. The van der Waals surface area contributed by atoms with Crippen LogP contribution in [0.4, 0.5) is 14.5 Å². The second kappa shape index (κ2) is 4.15. The molecule has 1 atom stereocenters. The van der Waals surface area contributed by atoms with Crippen LogP contribution in [0.5, 0.6) is 0 Å². The topological polar surface area (TPSA) is 43.1 Å². The van der Waals surface area contributed by atoms with Crippen molar-refractivity contribution in [3.05, 3.63) is 22.7 Å². The number of rotatable bonds is 2. The van der Waals surface area contributed by atoms with E-state index in [0.29, 0.717) is 4.47 Å². The lowest BCUT2D eigenvalue weighted by molar-refractivity contribution is 0.244. The number of nitrogens with two attached hydrogens (primary N) is 1. The first-order valence-electron chi connectivity index (χ1n) is 3.26.